The smallest absolute Gasteiger partial charge is 0.324 e. The molecule has 0 fully saturated rings. The molecule has 0 unspecified atom stereocenters. The minimum Gasteiger partial charge on any atom is -0.324 e. The minimum atomic E-state index is -5.66. The van der Waals surface area contributed by atoms with Crippen LogP contribution in [0.1, 0.15) is 15.9 Å². The highest BCUT2D eigenvalue weighted by Gasteiger charge is 2.58. The molecule has 1 aromatic carbocycles. The van der Waals surface area contributed by atoms with Crippen LogP contribution in [0.5, 0.6) is 0 Å². The summed E-state index contributed by atoms with van der Waals surface area (Å²) >= 11 is 0. The summed E-state index contributed by atoms with van der Waals surface area (Å²) in [5.74, 6) is -5.47. The van der Waals surface area contributed by atoms with Gasteiger partial charge in [0.15, 0.2) is 5.78 Å². The molecule has 0 saturated carbocycles. The van der Waals surface area contributed by atoms with Crippen molar-refractivity contribution in [2.75, 3.05) is 6.54 Å². The van der Waals surface area contributed by atoms with Gasteiger partial charge in [0.1, 0.15) is 0 Å². The van der Waals surface area contributed by atoms with Crippen molar-refractivity contribution in [2.45, 2.75) is 12.1 Å². The monoisotopic (exact) mass is 253 g/mol. The molecule has 17 heavy (non-hydrogen) atoms. The van der Waals surface area contributed by atoms with Crippen LogP contribution in [-0.4, -0.2) is 18.5 Å². The van der Waals surface area contributed by atoms with Gasteiger partial charge >= 0.3 is 12.1 Å². The number of carbonyl (C=O) groups is 1. The highest BCUT2D eigenvalue weighted by atomic mass is 19.4. The number of alkyl halides is 5. The van der Waals surface area contributed by atoms with Gasteiger partial charge in [-0.15, -0.1) is 0 Å². The molecular formula is C10H8F5NO. The first-order valence-corrected chi connectivity index (χ1v) is 4.48. The van der Waals surface area contributed by atoms with Gasteiger partial charge in [-0.3, -0.25) is 4.79 Å². The maximum atomic E-state index is 12.8. The Kier molecular flexibility index (Phi) is 3.51. The summed E-state index contributed by atoms with van der Waals surface area (Å²) in [4.78, 5) is 11.0. The van der Waals surface area contributed by atoms with E-state index in [1.165, 1.54) is 0 Å². The number of benzene rings is 1. The maximum absolute atomic E-state index is 12.8. The largest absolute Gasteiger partial charge is 0.458 e. The predicted octanol–water partition coefficient (Wildman–Crippen LogP) is 2.48. The quantitative estimate of drug-likeness (QED) is 0.664. The molecule has 1 rings (SSSR count). The van der Waals surface area contributed by atoms with Crippen molar-refractivity contribution >= 4 is 5.78 Å². The highest BCUT2D eigenvalue weighted by Crippen LogP contribution is 2.43. The van der Waals surface area contributed by atoms with Gasteiger partial charge in [0.05, 0.1) is 6.54 Å². The number of ketones is 1. The molecule has 0 radical (unpaired) electrons. The average Bonchev–Trinajstić information content (AvgIpc) is 2.26. The molecule has 2 N–H and O–H groups in total. The van der Waals surface area contributed by atoms with Crippen LogP contribution in [0, 0.1) is 0 Å². The van der Waals surface area contributed by atoms with E-state index >= 15 is 0 Å². The first-order chi connectivity index (χ1) is 7.70. The van der Waals surface area contributed by atoms with E-state index in [0.717, 1.165) is 12.1 Å². The van der Waals surface area contributed by atoms with Gasteiger partial charge in [0.25, 0.3) is 0 Å². The summed E-state index contributed by atoms with van der Waals surface area (Å²) < 4.78 is 61.7. The third-order valence-corrected chi connectivity index (χ3v) is 2.11. The van der Waals surface area contributed by atoms with Gasteiger partial charge in [-0.1, -0.05) is 24.3 Å². The lowest BCUT2D eigenvalue weighted by atomic mass is 10.0. The van der Waals surface area contributed by atoms with Crippen molar-refractivity contribution < 1.29 is 26.7 Å². The van der Waals surface area contributed by atoms with E-state index in [9.17, 15) is 26.7 Å². The highest BCUT2D eigenvalue weighted by molar-refractivity contribution is 5.97. The van der Waals surface area contributed by atoms with Crippen LogP contribution in [0.2, 0.25) is 0 Å². The Balaban J connectivity index is 3.07. The molecule has 0 atom stereocenters. The van der Waals surface area contributed by atoms with Crippen molar-refractivity contribution in [3.05, 3.63) is 35.4 Å². The standard InChI is InChI=1S/C10H8F5NO/c11-9(12,10(13,14)15)7-3-1-6(2-4-7)8(17)5-16/h1-4H,5,16H2. The second-order valence-corrected chi connectivity index (χ2v) is 3.28. The number of halogens is 5. The molecule has 1 aromatic rings. The van der Waals surface area contributed by atoms with Gasteiger partial charge < -0.3 is 5.73 Å². The van der Waals surface area contributed by atoms with E-state index in [-0.39, 0.29) is 12.1 Å². The summed E-state index contributed by atoms with van der Waals surface area (Å²) in [6.45, 7) is -0.338. The van der Waals surface area contributed by atoms with Crippen LogP contribution in [0.25, 0.3) is 0 Å². The number of rotatable bonds is 3. The fraction of sp³-hybridized carbons (Fsp3) is 0.300. The fourth-order valence-corrected chi connectivity index (χ4v) is 1.15. The first-order valence-electron chi connectivity index (χ1n) is 4.48. The summed E-state index contributed by atoms with van der Waals surface area (Å²) in [5.41, 5.74) is 3.80. The molecule has 0 bridgehead atoms. The Bertz CT molecular complexity index is 410. The molecule has 0 amide bonds. The maximum Gasteiger partial charge on any atom is 0.458 e. The van der Waals surface area contributed by atoms with Gasteiger partial charge in [0, 0.05) is 11.1 Å². The second-order valence-electron chi connectivity index (χ2n) is 3.28. The molecule has 94 valence electrons. The average molecular weight is 253 g/mol. The van der Waals surface area contributed by atoms with E-state index in [4.69, 9.17) is 5.73 Å². The molecule has 0 aliphatic carbocycles. The lowest BCUT2D eigenvalue weighted by molar-refractivity contribution is -0.289. The number of nitrogens with two attached hydrogens (primary N) is 1. The molecule has 0 saturated heterocycles. The molecule has 0 spiro atoms. The SMILES string of the molecule is NCC(=O)c1ccc(C(F)(F)C(F)(F)F)cc1. The van der Waals surface area contributed by atoms with Gasteiger partial charge in [0.2, 0.25) is 0 Å². The lowest BCUT2D eigenvalue weighted by Gasteiger charge is -2.19. The minimum absolute atomic E-state index is 0.00535. The van der Waals surface area contributed by atoms with E-state index in [2.05, 4.69) is 0 Å². The zero-order valence-corrected chi connectivity index (χ0v) is 8.39. The van der Waals surface area contributed by atoms with Crippen molar-refractivity contribution in [1.82, 2.24) is 0 Å². The van der Waals surface area contributed by atoms with Crippen LogP contribution in [0.3, 0.4) is 0 Å². The predicted molar refractivity (Wildman–Crippen MR) is 49.8 cm³/mol. The van der Waals surface area contributed by atoms with Gasteiger partial charge in [-0.05, 0) is 0 Å². The lowest BCUT2D eigenvalue weighted by Crippen LogP contribution is -2.33. The van der Waals surface area contributed by atoms with Crippen LogP contribution >= 0.6 is 0 Å². The van der Waals surface area contributed by atoms with Gasteiger partial charge in [-0.2, -0.15) is 22.0 Å². The van der Waals surface area contributed by atoms with E-state index < -0.39 is 23.4 Å². The van der Waals surface area contributed by atoms with E-state index in [1.54, 1.807) is 0 Å². The van der Waals surface area contributed by atoms with Crippen LogP contribution in [0.4, 0.5) is 22.0 Å². The Morgan fingerprint density at radius 1 is 1.06 bits per heavy atom. The number of carbonyl (C=O) groups excluding carboxylic acids is 1. The number of hydrogen-bond acceptors (Lipinski definition) is 2. The van der Waals surface area contributed by atoms with Crippen LogP contribution < -0.4 is 5.73 Å². The van der Waals surface area contributed by atoms with Crippen molar-refractivity contribution in [2.24, 2.45) is 5.73 Å². The Morgan fingerprint density at radius 3 is 1.88 bits per heavy atom. The molecule has 2 nitrogen and oxygen atoms in total. The molecule has 7 heteroatoms. The van der Waals surface area contributed by atoms with E-state index in [0.29, 0.717) is 12.1 Å². The fourth-order valence-electron chi connectivity index (χ4n) is 1.15. The van der Waals surface area contributed by atoms with Crippen LogP contribution in [0.15, 0.2) is 24.3 Å². The zero-order chi connectivity index (χ0) is 13.3. The molecule has 0 aromatic heterocycles. The topological polar surface area (TPSA) is 43.1 Å². The first kappa shape index (κ1) is 13.6. The van der Waals surface area contributed by atoms with Crippen LogP contribution in [-0.2, 0) is 5.92 Å². The Morgan fingerprint density at radius 2 is 1.53 bits per heavy atom. The summed E-state index contributed by atoms with van der Waals surface area (Å²) in [7, 11) is 0. The van der Waals surface area contributed by atoms with Gasteiger partial charge in [-0.25, -0.2) is 0 Å². The Labute approximate surface area is 93.2 Å². The summed E-state index contributed by atoms with van der Waals surface area (Å²) in [5, 5.41) is 0. The second kappa shape index (κ2) is 4.40. The molecular weight excluding hydrogens is 245 g/mol. The molecule has 0 aliphatic rings. The molecule has 0 heterocycles. The molecule has 0 aliphatic heterocycles. The summed E-state index contributed by atoms with van der Waals surface area (Å²) in [6.07, 6.45) is -5.66. The summed E-state index contributed by atoms with van der Waals surface area (Å²) in [6, 6.07) is 2.92. The Hall–Kier alpha value is -1.50. The van der Waals surface area contributed by atoms with Crippen molar-refractivity contribution in [3.8, 4) is 0 Å². The van der Waals surface area contributed by atoms with Crippen molar-refractivity contribution in [3.63, 3.8) is 0 Å². The third kappa shape index (κ3) is 2.60. The zero-order valence-electron chi connectivity index (χ0n) is 8.39. The third-order valence-electron chi connectivity index (χ3n) is 2.11. The normalized spacial score (nSPS) is 12.6. The number of hydrogen-bond donors (Lipinski definition) is 1. The van der Waals surface area contributed by atoms with E-state index in [1.807, 2.05) is 0 Å². The number of Topliss-reactive ketones (excluding diaryl/α,β-unsaturated/α-hetero) is 1. The van der Waals surface area contributed by atoms with Crippen molar-refractivity contribution in [1.29, 1.82) is 0 Å².